The van der Waals surface area contributed by atoms with E-state index >= 15 is 0 Å². The molecule has 0 spiro atoms. The van der Waals surface area contributed by atoms with E-state index in [1.807, 2.05) is 4.72 Å². The first-order valence-electron chi connectivity index (χ1n) is 5.25. The van der Waals surface area contributed by atoms with Crippen LogP contribution < -0.4 is 15.2 Å². The maximum absolute atomic E-state index is 11.6. The normalized spacial score (nSPS) is 14.2. The van der Waals surface area contributed by atoms with Crippen molar-refractivity contribution in [2.24, 2.45) is 5.73 Å². The SMILES string of the molecule is CC(C)(C)NS(=O)(=O)NC(CCC(N)=O)C(=O)O. The summed E-state index contributed by atoms with van der Waals surface area (Å²) in [6.07, 6.45) is -0.412. The molecule has 18 heavy (non-hydrogen) atoms. The Bertz CT molecular complexity index is 412. The Morgan fingerprint density at radius 1 is 1.33 bits per heavy atom. The molecule has 0 saturated carbocycles. The Hall–Kier alpha value is -1.19. The molecule has 9 heteroatoms. The molecule has 1 atom stereocenters. The van der Waals surface area contributed by atoms with Gasteiger partial charge in [-0.1, -0.05) is 0 Å². The first-order chi connectivity index (χ1) is 7.93. The Morgan fingerprint density at radius 2 is 1.83 bits per heavy atom. The molecular formula is C9H19N3O5S. The minimum absolute atomic E-state index is 0.199. The zero-order chi connectivity index (χ0) is 14.6. The Kier molecular flexibility index (Phi) is 5.71. The van der Waals surface area contributed by atoms with Crippen LogP contribution in [0, 0.1) is 0 Å². The van der Waals surface area contributed by atoms with Gasteiger partial charge in [0.15, 0.2) is 0 Å². The predicted octanol–water partition coefficient (Wildman–Crippen LogP) is -1.07. The van der Waals surface area contributed by atoms with Crippen LogP contribution in [0.5, 0.6) is 0 Å². The number of primary amides is 1. The van der Waals surface area contributed by atoms with Crippen LogP contribution in [-0.4, -0.2) is 37.0 Å². The van der Waals surface area contributed by atoms with E-state index in [2.05, 4.69) is 4.72 Å². The largest absolute Gasteiger partial charge is 0.480 e. The van der Waals surface area contributed by atoms with Gasteiger partial charge in [-0.25, -0.2) is 0 Å². The van der Waals surface area contributed by atoms with E-state index in [9.17, 15) is 18.0 Å². The van der Waals surface area contributed by atoms with Gasteiger partial charge in [0, 0.05) is 12.0 Å². The summed E-state index contributed by atoms with van der Waals surface area (Å²) in [7, 11) is -3.96. The summed E-state index contributed by atoms with van der Waals surface area (Å²) in [5.74, 6) is -2.06. The lowest BCUT2D eigenvalue weighted by molar-refractivity contribution is -0.139. The molecule has 106 valence electrons. The number of aliphatic carboxylic acids is 1. The summed E-state index contributed by atoms with van der Waals surface area (Å²) in [6.45, 7) is 4.85. The Balaban J connectivity index is 4.68. The average molecular weight is 281 g/mol. The molecule has 0 aromatic heterocycles. The van der Waals surface area contributed by atoms with Gasteiger partial charge in [0.1, 0.15) is 6.04 Å². The van der Waals surface area contributed by atoms with E-state index in [0.717, 1.165) is 0 Å². The van der Waals surface area contributed by atoms with E-state index in [0.29, 0.717) is 0 Å². The van der Waals surface area contributed by atoms with Crippen LogP contribution in [0.25, 0.3) is 0 Å². The number of carbonyl (C=O) groups excluding carboxylic acids is 1. The summed E-state index contributed by atoms with van der Waals surface area (Å²) < 4.78 is 27.4. The van der Waals surface area contributed by atoms with E-state index < -0.39 is 33.7 Å². The number of carboxylic acid groups (broad SMARTS) is 1. The van der Waals surface area contributed by atoms with Crippen LogP contribution in [0.2, 0.25) is 0 Å². The summed E-state index contributed by atoms with van der Waals surface area (Å²) in [5, 5.41) is 8.84. The number of rotatable bonds is 7. The molecule has 0 aromatic carbocycles. The van der Waals surface area contributed by atoms with Crippen LogP contribution in [0.3, 0.4) is 0 Å². The number of carbonyl (C=O) groups is 2. The van der Waals surface area contributed by atoms with Gasteiger partial charge in [-0.05, 0) is 27.2 Å². The molecule has 5 N–H and O–H groups in total. The van der Waals surface area contributed by atoms with Crippen LogP contribution in [-0.2, 0) is 19.8 Å². The van der Waals surface area contributed by atoms with Gasteiger partial charge in [0.05, 0.1) is 0 Å². The van der Waals surface area contributed by atoms with Crippen molar-refractivity contribution in [3.05, 3.63) is 0 Å². The van der Waals surface area contributed by atoms with Crippen molar-refractivity contribution in [1.29, 1.82) is 0 Å². The molecule has 0 rings (SSSR count). The molecule has 0 aliphatic carbocycles. The Labute approximate surface area is 106 Å². The third kappa shape index (κ3) is 7.98. The number of nitrogens with one attached hydrogen (secondary N) is 2. The second-order valence-corrected chi connectivity index (χ2v) is 6.32. The van der Waals surface area contributed by atoms with E-state index in [-0.39, 0.29) is 12.8 Å². The fourth-order valence-corrected chi connectivity index (χ4v) is 2.60. The maximum Gasteiger partial charge on any atom is 0.321 e. The highest BCUT2D eigenvalue weighted by atomic mass is 32.2. The molecule has 0 bridgehead atoms. The average Bonchev–Trinajstić information content (AvgIpc) is 2.07. The van der Waals surface area contributed by atoms with Crippen molar-refractivity contribution in [2.75, 3.05) is 0 Å². The minimum Gasteiger partial charge on any atom is -0.480 e. The van der Waals surface area contributed by atoms with Gasteiger partial charge in [0.2, 0.25) is 5.91 Å². The number of hydrogen-bond donors (Lipinski definition) is 4. The lowest BCUT2D eigenvalue weighted by Crippen LogP contribution is -2.52. The number of carboxylic acids is 1. The van der Waals surface area contributed by atoms with E-state index in [1.54, 1.807) is 20.8 Å². The fourth-order valence-electron chi connectivity index (χ4n) is 1.14. The first kappa shape index (κ1) is 16.8. The molecule has 8 nitrogen and oxygen atoms in total. The van der Waals surface area contributed by atoms with Gasteiger partial charge in [-0.15, -0.1) is 0 Å². The molecule has 0 saturated heterocycles. The van der Waals surface area contributed by atoms with E-state index in [1.165, 1.54) is 0 Å². The lowest BCUT2D eigenvalue weighted by atomic mass is 10.1. The number of hydrogen-bond acceptors (Lipinski definition) is 4. The summed E-state index contributed by atoms with van der Waals surface area (Å²) >= 11 is 0. The summed E-state index contributed by atoms with van der Waals surface area (Å²) in [4.78, 5) is 21.4. The lowest BCUT2D eigenvalue weighted by Gasteiger charge is -2.22. The molecule has 0 aliphatic heterocycles. The molecule has 0 radical (unpaired) electrons. The van der Waals surface area contributed by atoms with Crippen molar-refractivity contribution in [1.82, 2.24) is 9.44 Å². The number of nitrogens with two attached hydrogens (primary N) is 1. The molecule has 0 heterocycles. The van der Waals surface area contributed by atoms with E-state index in [4.69, 9.17) is 10.8 Å². The Morgan fingerprint density at radius 3 is 2.17 bits per heavy atom. The van der Waals surface area contributed by atoms with Gasteiger partial charge < -0.3 is 10.8 Å². The highest BCUT2D eigenvalue weighted by Gasteiger charge is 2.27. The third-order valence-electron chi connectivity index (χ3n) is 1.72. The minimum atomic E-state index is -3.96. The predicted molar refractivity (Wildman–Crippen MR) is 64.8 cm³/mol. The third-order valence-corrected chi connectivity index (χ3v) is 3.19. The zero-order valence-corrected chi connectivity index (χ0v) is 11.4. The highest BCUT2D eigenvalue weighted by Crippen LogP contribution is 2.04. The molecule has 1 amide bonds. The summed E-state index contributed by atoms with van der Waals surface area (Å²) in [6, 6.07) is -1.39. The molecule has 0 fully saturated rings. The van der Waals surface area contributed by atoms with Gasteiger partial charge in [0.25, 0.3) is 10.2 Å². The van der Waals surface area contributed by atoms with Crippen LogP contribution in [0.1, 0.15) is 33.6 Å². The van der Waals surface area contributed by atoms with Gasteiger partial charge in [-0.2, -0.15) is 17.9 Å². The van der Waals surface area contributed by atoms with Crippen molar-refractivity contribution in [3.63, 3.8) is 0 Å². The van der Waals surface area contributed by atoms with Crippen molar-refractivity contribution >= 4 is 22.1 Å². The quantitative estimate of drug-likeness (QED) is 0.470. The summed E-state index contributed by atoms with van der Waals surface area (Å²) in [5.41, 5.74) is 4.14. The second-order valence-electron chi connectivity index (χ2n) is 4.87. The molecule has 1 unspecified atom stereocenters. The standard InChI is InChI=1S/C9H19N3O5S/c1-9(2,3)12-18(16,17)11-6(8(14)15)4-5-7(10)13/h6,11-12H,4-5H2,1-3H3,(H2,10,13)(H,14,15). The molecular weight excluding hydrogens is 262 g/mol. The second kappa shape index (κ2) is 6.12. The topological polar surface area (TPSA) is 139 Å². The highest BCUT2D eigenvalue weighted by molar-refractivity contribution is 7.87. The van der Waals surface area contributed by atoms with Crippen LogP contribution in [0.15, 0.2) is 0 Å². The van der Waals surface area contributed by atoms with Gasteiger partial charge in [-0.3, -0.25) is 9.59 Å². The zero-order valence-electron chi connectivity index (χ0n) is 10.6. The fraction of sp³-hybridized carbons (Fsp3) is 0.778. The smallest absolute Gasteiger partial charge is 0.321 e. The number of amides is 1. The van der Waals surface area contributed by atoms with Gasteiger partial charge >= 0.3 is 5.97 Å². The van der Waals surface area contributed by atoms with Crippen LogP contribution in [0.4, 0.5) is 0 Å². The maximum atomic E-state index is 11.6. The van der Waals surface area contributed by atoms with Crippen LogP contribution >= 0.6 is 0 Å². The van der Waals surface area contributed by atoms with Crippen molar-refractivity contribution in [2.45, 2.75) is 45.2 Å². The van der Waals surface area contributed by atoms with Crippen molar-refractivity contribution < 1.29 is 23.1 Å². The monoisotopic (exact) mass is 281 g/mol. The molecule has 0 aliphatic rings. The molecule has 0 aromatic rings. The first-order valence-corrected chi connectivity index (χ1v) is 6.73. The van der Waals surface area contributed by atoms with Crippen molar-refractivity contribution in [3.8, 4) is 0 Å².